The van der Waals surface area contributed by atoms with Crippen LogP contribution >= 0.6 is 0 Å². The van der Waals surface area contributed by atoms with Gasteiger partial charge in [-0.2, -0.15) is 0 Å². The third-order valence-corrected chi connectivity index (χ3v) is 7.94. The van der Waals surface area contributed by atoms with Gasteiger partial charge in [0.25, 0.3) is 0 Å². The molecule has 0 spiro atoms. The van der Waals surface area contributed by atoms with Crippen molar-refractivity contribution in [3.63, 3.8) is 0 Å². The zero-order valence-electron chi connectivity index (χ0n) is 21.4. The second kappa shape index (κ2) is 8.72. The average molecular weight is 496 g/mol. The van der Waals surface area contributed by atoms with Gasteiger partial charge in [-0.05, 0) is 92.3 Å². The summed E-state index contributed by atoms with van der Waals surface area (Å²) in [7, 11) is 0. The first-order chi connectivity index (χ1) is 19.3. The highest BCUT2D eigenvalue weighted by atomic mass is 15.0. The maximum absolute atomic E-state index is 2.36. The van der Waals surface area contributed by atoms with Gasteiger partial charge < -0.3 is 4.57 Å². The minimum absolute atomic E-state index is 1.18. The van der Waals surface area contributed by atoms with Gasteiger partial charge in [0, 0.05) is 16.5 Å². The molecule has 0 bridgehead atoms. The van der Waals surface area contributed by atoms with Crippen molar-refractivity contribution in [2.75, 3.05) is 0 Å². The minimum Gasteiger partial charge on any atom is -0.309 e. The molecule has 0 aliphatic carbocycles. The molecule has 1 nitrogen and oxygen atoms in total. The number of benzene rings is 7. The first-order valence-corrected chi connectivity index (χ1v) is 13.4. The lowest BCUT2D eigenvalue weighted by Crippen LogP contribution is -1.92. The Labute approximate surface area is 227 Å². The van der Waals surface area contributed by atoms with Crippen molar-refractivity contribution in [1.82, 2.24) is 4.57 Å². The van der Waals surface area contributed by atoms with Gasteiger partial charge in [0.15, 0.2) is 0 Å². The lowest BCUT2D eigenvalue weighted by molar-refractivity contribution is 1.18. The van der Waals surface area contributed by atoms with Crippen molar-refractivity contribution in [2.45, 2.75) is 0 Å². The molecule has 0 saturated heterocycles. The first-order valence-electron chi connectivity index (χ1n) is 13.4. The lowest BCUT2D eigenvalue weighted by Gasteiger charge is -2.09. The summed E-state index contributed by atoms with van der Waals surface area (Å²) in [6.07, 6.45) is 0. The molecule has 182 valence electrons. The lowest BCUT2D eigenvalue weighted by atomic mass is 9.96. The smallest absolute Gasteiger partial charge is 0.0541 e. The molecule has 0 N–H and O–H groups in total. The molecule has 0 saturated carbocycles. The summed E-state index contributed by atoms with van der Waals surface area (Å²) < 4.78 is 2.36. The van der Waals surface area contributed by atoms with Crippen molar-refractivity contribution in [3.05, 3.63) is 152 Å². The van der Waals surface area contributed by atoms with E-state index < -0.39 is 0 Å². The summed E-state index contributed by atoms with van der Waals surface area (Å²) in [6.45, 7) is 0. The molecular weight excluding hydrogens is 470 g/mol. The van der Waals surface area contributed by atoms with Gasteiger partial charge >= 0.3 is 0 Å². The van der Waals surface area contributed by atoms with Crippen LogP contribution in [0.15, 0.2) is 152 Å². The summed E-state index contributed by atoms with van der Waals surface area (Å²) in [5, 5.41) is 7.61. The average Bonchev–Trinajstić information content (AvgIpc) is 3.34. The Kier molecular flexibility index (Phi) is 4.89. The van der Waals surface area contributed by atoms with Crippen LogP contribution in [0.5, 0.6) is 0 Å². The molecule has 0 radical (unpaired) electrons. The van der Waals surface area contributed by atoms with Crippen LogP contribution < -0.4 is 0 Å². The molecule has 0 fully saturated rings. The molecule has 0 amide bonds. The Morgan fingerprint density at radius 3 is 1.51 bits per heavy atom. The molecule has 39 heavy (non-hydrogen) atoms. The summed E-state index contributed by atoms with van der Waals surface area (Å²) in [5.74, 6) is 0. The molecule has 8 rings (SSSR count). The van der Waals surface area contributed by atoms with E-state index in [1.807, 2.05) is 0 Å². The van der Waals surface area contributed by atoms with Crippen LogP contribution in [0.2, 0.25) is 0 Å². The van der Waals surface area contributed by atoms with E-state index in [-0.39, 0.29) is 0 Å². The maximum Gasteiger partial charge on any atom is 0.0541 e. The van der Waals surface area contributed by atoms with Crippen LogP contribution in [0.4, 0.5) is 0 Å². The topological polar surface area (TPSA) is 4.93 Å². The zero-order valence-corrected chi connectivity index (χ0v) is 21.4. The van der Waals surface area contributed by atoms with Crippen LogP contribution in [0.3, 0.4) is 0 Å². The number of hydrogen-bond acceptors (Lipinski definition) is 0. The molecular formula is C38H25N. The van der Waals surface area contributed by atoms with E-state index in [1.54, 1.807) is 0 Å². The molecule has 0 aliphatic heterocycles. The number of nitrogens with zero attached hydrogens (tertiary/aromatic N) is 1. The SMILES string of the molecule is c1ccc(-n2c3ccccc3c3cc(-c4ccc5cc(-c6ccc7ccccc7c6)ccc5c4)ccc32)cc1. The summed E-state index contributed by atoms with van der Waals surface area (Å²) in [4.78, 5) is 0. The first kappa shape index (κ1) is 21.9. The Hall–Kier alpha value is -5.14. The fourth-order valence-corrected chi connectivity index (χ4v) is 5.98. The quantitative estimate of drug-likeness (QED) is 0.230. The van der Waals surface area contributed by atoms with E-state index in [4.69, 9.17) is 0 Å². The maximum atomic E-state index is 2.36. The minimum atomic E-state index is 1.18. The Balaban J connectivity index is 1.22. The van der Waals surface area contributed by atoms with E-state index in [2.05, 4.69) is 156 Å². The van der Waals surface area contributed by atoms with Crippen LogP contribution in [0.1, 0.15) is 0 Å². The van der Waals surface area contributed by atoms with Crippen molar-refractivity contribution < 1.29 is 0 Å². The molecule has 0 atom stereocenters. The van der Waals surface area contributed by atoms with E-state index >= 15 is 0 Å². The highest BCUT2D eigenvalue weighted by molar-refractivity contribution is 6.10. The molecule has 1 heteroatoms. The van der Waals surface area contributed by atoms with E-state index in [0.717, 1.165) is 0 Å². The van der Waals surface area contributed by atoms with E-state index in [0.29, 0.717) is 0 Å². The fourth-order valence-electron chi connectivity index (χ4n) is 5.98. The van der Waals surface area contributed by atoms with Gasteiger partial charge in [-0.15, -0.1) is 0 Å². The Morgan fingerprint density at radius 2 is 0.795 bits per heavy atom. The largest absolute Gasteiger partial charge is 0.309 e. The Morgan fingerprint density at radius 1 is 0.308 bits per heavy atom. The Bertz CT molecular complexity index is 2170. The summed E-state index contributed by atoms with van der Waals surface area (Å²) in [5.41, 5.74) is 8.61. The summed E-state index contributed by atoms with van der Waals surface area (Å²) >= 11 is 0. The van der Waals surface area contributed by atoms with Gasteiger partial charge in [0.2, 0.25) is 0 Å². The number of hydrogen-bond donors (Lipinski definition) is 0. The third kappa shape index (κ3) is 3.63. The number of rotatable bonds is 3. The van der Waals surface area contributed by atoms with Crippen LogP contribution in [-0.4, -0.2) is 4.57 Å². The van der Waals surface area contributed by atoms with Crippen LogP contribution in [0, 0.1) is 0 Å². The standard InChI is InChI=1S/C38H25N/c1-2-10-34(11-3-1)39-37-13-7-6-12-35(37)36-25-33(20-21-38(36)39)32-19-18-30-23-29(16-17-31(30)24-32)28-15-14-26-8-4-5-9-27(26)22-28/h1-25H. The van der Waals surface area contributed by atoms with Crippen LogP contribution in [-0.2, 0) is 0 Å². The molecule has 0 aliphatic rings. The van der Waals surface area contributed by atoms with Gasteiger partial charge in [-0.1, -0.05) is 103 Å². The molecule has 1 heterocycles. The highest BCUT2D eigenvalue weighted by Crippen LogP contribution is 2.36. The van der Waals surface area contributed by atoms with Gasteiger partial charge in [0.1, 0.15) is 0 Å². The molecule has 7 aromatic carbocycles. The molecule has 0 unspecified atom stereocenters. The third-order valence-electron chi connectivity index (χ3n) is 7.94. The second-order valence-electron chi connectivity index (χ2n) is 10.3. The number of para-hydroxylation sites is 2. The highest BCUT2D eigenvalue weighted by Gasteiger charge is 2.13. The normalized spacial score (nSPS) is 11.6. The van der Waals surface area contributed by atoms with E-state index in [9.17, 15) is 0 Å². The van der Waals surface area contributed by atoms with Gasteiger partial charge in [-0.3, -0.25) is 0 Å². The molecule has 1 aromatic heterocycles. The monoisotopic (exact) mass is 495 g/mol. The second-order valence-corrected chi connectivity index (χ2v) is 10.3. The summed E-state index contributed by atoms with van der Waals surface area (Å²) in [6, 6.07) is 55.1. The number of fused-ring (bicyclic) bond motifs is 5. The van der Waals surface area contributed by atoms with Crippen molar-refractivity contribution >= 4 is 43.4 Å². The van der Waals surface area contributed by atoms with Crippen molar-refractivity contribution in [2.24, 2.45) is 0 Å². The van der Waals surface area contributed by atoms with Crippen molar-refractivity contribution in [3.8, 4) is 27.9 Å². The van der Waals surface area contributed by atoms with E-state index in [1.165, 1.54) is 71.3 Å². The fraction of sp³-hybridized carbons (Fsp3) is 0. The van der Waals surface area contributed by atoms with Gasteiger partial charge in [-0.25, -0.2) is 0 Å². The predicted molar refractivity (Wildman–Crippen MR) is 167 cm³/mol. The zero-order chi connectivity index (χ0) is 25.8. The van der Waals surface area contributed by atoms with Crippen molar-refractivity contribution in [1.29, 1.82) is 0 Å². The van der Waals surface area contributed by atoms with Gasteiger partial charge in [0.05, 0.1) is 11.0 Å². The molecule has 8 aromatic rings. The predicted octanol–water partition coefficient (Wildman–Crippen LogP) is 10.4. The number of aromatic nitrogens is 1. The van der Waals surface area contributed by atoms with Crippen LogP contribution in [0.25, 0.3) is 71.3 Å².